The van der Waals surface area contributed by atoms with Crippen molar-refractivity contribution in [2.75, 3.05) is 33.3 Å². The molecule has 2 aliphatic heterocycles. The van der Waals surface area contributed by atoms with E-state index in [0.29, 0.717) is 23.6 Å². The summed E-state index contributed by atoms with van der Waals surface area (Å²) in [5.74, 6) is -0.566. The molecule has 0 atom stereocenters. The minimum absolute atomic E-state index is 0.123. The van der Waals surface area contributed by atoms with Crippen LogP contribution in [0.4, 0.5) is 0 Å². The zero-order chi connectivity index (χ0) is 18.0. The van der Waals surface area contributed by atoms with Crippen LogP contribution in [0.1, 0.15) is 23.2 Å². The van der Waals surface area contributed by atoms with Crippen LogP contribution in [0.3, 0.4) is 0 Å². The van der Waals surface area contributed by atoms with Crippen LogP contribution in [0, 0.1) is 0 Å². The minimum atomic E-state index is -3.62. The molecule has 136 valence electrons. The van der Waals surface area contributed by atoms with Gasteiger partial charge in [-0.25, -0.2) is 13.2 Å². The summed E-state index contributed by atoms with van der Waals surface area (Å²) in [7, 11) is -2.35. The van der Waals surface area contributed by atoms with Crippen molar-refractivity contribution in [3.05, 3.63) is 40.4 Å². The molecule has 0 aliphatic carbocycles. The molecule has 2 heterocycles. The Balaban J connectivity index is 1.75. The zero-order valence-electron chi connectivity index (χ0n) is 14.0. The van der Waals surface area contributed by atoms with Gasteiger partial charge in [-0.15, -0.1) is 0 Å². The molecule has 0 bridgehead atoms. The Labute approximate surface area is 156 Å². The van der Waals surface area contributed by atoms with Crippen LogP contribution >= 0.6 is 15.9 Å². The number of hydrogen-bond donors (Lipinski definition) is 0. The molecule has 0 spiro atoms. The Morgan fingerprint density at radius 3 is 2.44 bits per heavy atom. The monoisotopic (exact) mass is 428 g/mol. The number of nitrogens with zero attached hydrogens (tertiary/aromatic N) is 2. The van der Waals surface area contributed by atoms with E-state index in [-0.39, 0.29) is 10.5 Å². The number of esters is 1. The molecule has 0 saturated carbocycles. The van der Waals surface area contributed by atoms with Crippen molar-refractivity contribution in [1.82, 2.24) is 9.21 Å². The van der Waals surface area contributed by atoms with Gasteiger partial charge in [0.1, 0.15) is 0 Å². The van der Waals surface area contributed by atoms with Crippen molar-refractivity contribution in [3.8, 4) is 0 Å². The van der Waals surface area contributed by atoms with Gasteiger partial charge in [0, 0.05) is 36.7 Å². The summed E-state index contributed by atoms with van der Waals surface area (Å²) in [5.41, 5.74) is 0.210. The Morgan fingerprint density at radius 2 is 1.84 bits per heavy atom. The fraction of sp³-hybridized carbons (Fsp3) is 0.471. The number of piperidine rings is 1. The number of benzene rings is 1. The molecule has 0 amide bonds. The van der Waals surface area contributed by atoms with Gasteiger partial charge >= 0.3 is 5.97 Å². The highest BCUT2D eigenvalue weighted by Gasteiger charge is 2.32. The molecule has 1 saturated heterocycles. The van der Waals surface area contributed by atoms with Gasteiger partial charge < -0.3 is 4.74 Å². The summed E-state index contributed by atoms with van der Waals surface area (Å²) in [6, 6.07) is 4.89. The lowest BCUT2D eigenvalue weighted by Crippen LogP contribution is -2.46. The largest absolute Gasteiger partial charge is 0.465 e. The van der Waals surface area contributed by atoms with E-state index >= 15 is 0 Å². The first-order valence-corrected chi connectivity index (χ1v) is 10.4. The van der Waals surface area contributed by atoms with Gasteiger partial charge in [0.15, 0.2) is 0 Å². The predicted octanol–water partition coefficient (Wildman–Crippen LogP) is 2.26. The number of carbonyl (C=O) groups excluding carboxylic acids is 1. The average Bonchev–Trinajstić information content (AvgIpc) is 3.16. The maximum atomic E-state index is 12.9. The van der Waals surface area contributed by atoms with E-state index in [9.17, 15) is 13.2 Å². The van der Waals surface area contributed by atoms with E-state index in [1.54, 1.807) is 6.07 Å². The van der Waals surface area contributed by atoms with Crippen LogP contribution in [-0.4, -0.2) is 62.9 Å². The van der Waals surface area contributed by atoms with Crippen LogP contribution < -0.4 is 0 Å². The van der Waals surface area contributed by atoms with Gasteiger partial charge in [-0.1, -0.05) is 12.2 Å². The first-order valence-electron chi connectivity index (χ1n) is 8.20. The molecule has 0 aromatic heterocycles. The standard InChI is InChI=1S/C17H21BrN2O4S/c1-24-17(21)15-12-14(4-5-16(15)18)25(22,23)20-10-6-13(7-11-20)19-8-2-3-9-19/h2-5,12-13H,6-11H2,1H3. The van der Waals surface area contributed by atoms with Crippen molar-refractivity contribution in [2.24, 2.45) is 0 Å². The third kappa shape index (κ3) is 3.81. The Kier molecular flexibility index (Phi) is 5.62. The molecule has 25 heavy (non-hydrogen) atoms. The van der Waals surface area contributed by atoms with Crippen LogP contribution in [0.5, 0.6) is 0 Å². The van der Waals surface area contributed by atoms with Crippen molar-refractivity contribution >= 4 is 31.9 Å². The molecular weight excluding hydrogens is 408 g/mol. The summed E-state index contributed by atoms with van der Waals surface area (Å²) in [6.07, 6.45) is 5.95. The molecule has 8 heteroatoms. The third-order valence-corrected chi connectivity index (χ3v) is 7.35. The van der Waals surface area contributed by atoms with Crippen LogP contribution in [-0.2, 0) is 14.8 Å². The fourth-order valence-corrected chi connectivity index (χ4v) is 5.23. The van der Waals surface area contributed by atoms with Gasteiger partial charge in [0.05, 0.1) is 17.6 Å². The summed E-state index contributed by atoms with van der Waals surface area (Å²) >= 11 is 3.26. The SMILES string of the molecule is COC(=O)c1cc(S(=O)(=O)N2CCC(N3CC=CC3)CC2)ccc1Br. The summed E-state index contributed by atoms with van der Waals surface area (Å²) in [6.45, 7) is 2.89. The van der Waals surface area contributed by atoms with E-state index in [2.05, 4.69) is 33.0 Å². The molecule has 0 radical (unpaired) electrons. The zero-order valence-corrected chi connectivity index (χ0v) is 16.4. The average molecular weight is 429 g/mol. The second kappa shape index (κ2) is 7.57. The van der Waals surface area contributed by atoms with E-state index in [0.717, 1.165) is 25.9 Å². The lowest BCUT2D eigenvalue weighted by atomic mass is 10.1. The first-order chi connectivity index (χ1) is 11.9. The molecular formula is C17H21BrN2O4S. The van der Waals surface area contributed by atoms with Crippen molar-refractivity contribution in [3.63, 3.8) is 0 Å². The van der Waals surface area contributed by atoms with Gasteiger partial charge in [-0.3, -0.25) is 4.90 Å². The normalized spacial score (nSPS) is 20.1. The Morgan fingerprint density at radius 1 is 1.20 bits per heavy atom. The maximum absolute atomic E-state index is 12.9. The Bertz CT molecular complexity index is 778. The number of hydrogen-bond acceptors (Lipinski definition) is 5. The predicted molar refractivity (Wildman–Crippen MR) is 98.0 cm³/mol. The topological polar surface area (TPSA) is 66.9 Å². The smallest absolute Gasteiger partial charge is 0.339 e. The molecule has 0 unspecified atom stereocenters. The first kappa shape index (κ1) is 18.6. The highest BCUT2D eigenvalue weighted by molar-refractivity contribution is 9.10. The van der Waals surface area contributed by atoms with Gasteiger partial charge in [-0.2, -0.15) is 4.31 Å². The quantitative estimate of drug-likeness (QED) is 0.543. The number of halogens is 1. The summed E-state index contributed by atoms with van der Waals surface area (Å²) < 4.78 is 32.6. The minimum Gasteiger partial charge on any atom is -0.465 e. The molecule has 1 aromatic rings. The van der Waals surface area contributed by atoms with Crippen LogP contribution in [0.2, 0.25) is 0 Å². The van der Waals surface area contributed by atoms with Crippen LogP contribution in [0.25, 0.3) is 0 Å². The third-order valence-electron chi connectivity index (χ3n) is 4.77. The number of sulfonamides is 1. The van der Waals surface area contributed by atoms with Crippen molar-refractivity contribution in [2.45, 2.75) is 23.8 Å². The van der Waals surface area contributed by atoms with Gasteiger partial charge in [-0.05, 0) is 47.0 Å². The van der Waals surface area contributed by atoms with E-state index in [1.807, 2.05) is 0 Å². The molecule has 6 nitrogen and oxygen atoms in total. The molecule has 2 aliphatic rings. The fourth-order valence-electron chi connectivity index (χ4n) is 3.32. The maximum Gasteiger partial charge on any atom is 0.339 e. The summed E-state index contributed by atoms with van der Waals surface area (Å²) in [4.78, 5) is 14.3. The van der Waals surface area contributed by atoms with E-state index < -0.39 is 16.0 Å². The van der Waals surface area contributed by atoms with Gasteiger partial charge in [0.2, 0.25) is 10.0 Å². The van der Waals surface area contributed by atoms with Crippen LogP contribution in [0.15, 0.2) is 39.7 Å². The molecule has 3 rings (SSSR count). The molecule has 0 N–H and O–H groups in total. The highest BCUT2D eigenvalue weighted by atomic mass is 79.9. The van der Waals surface area contributed by atoms with E-state index in [1.165, 1.54) is 23.5 Å². The number of ether oxygens (including phenoxy) is 1. The second-order valence-electron chi connectivity index (χ2n) is 6.19. The Hall–Kier alpha value is -1.22. The summed E-state index contributed by atoms with van der Waals surface area (Å²) in [5, 5.41) is 0. The molecule has 1 aromatic carbocycles. The van der Waals surface area contributed by atoms with E-state index in [4.69, 9.17) is 4.74 Å². The number of rotatable bonds is 4. The second-order valence-corrected chi connectivity index (χ2v) is 8.99. The lowest BCUT2D eigenvalue weighted by molar-refractivity contribution is 0.0599. The molecule has 1 fully saturated rings. The number of carbonyl (C=O) groups is 1. The number of methoxy groups -OCH3 is 1. The van der Waals surface area contributed by atoms with Crippen molar-refractivity contribution < 1.29 is 17.9 Å². The lowest BCUT2D eigenvalue weighted by Gasteiger charge is -2.36. The van der Waals surface area contributed by atoms with Crippen molar-refractivity contribution in [1.29, 1.82) is 0 Å². The van der Waals surface area contributed by atoms with Gasteiger partial charge in [0.25, 0.3) is 0 Å². The highest BCUT2D eigenvalue weighted by Crippen LogP contribution is 2.27.